The van der Waals surface area contributed by atoms with Crippen molar-refractivity contribution in [3.63, 3.8) is 0 Å². The van der Waals surface area contributed by atoms with Crippen molar-refractivity contribution in [2.45, 2.75) is 77.0 Å². The molecule has 0 radical (unpaired) electrons. The third-order valence-corrected chi connectivity index (χ3v) is 5.12. The Balaban J connectivity index is 1.59. The monoisotopic (exact) mass is 402 g/mol. The third kappa shape index (κ3) is 5.95. The minimum atomic E-state index is -0.639. The van der Waals surface area contributed by atoms with Gasteiger partial charge in [0, 0.05) is 25.4 Å². The highest BCUT2D eigenvalue weighted by Gasteiger charge is 2.31. The number of rotatable bonds is 4. The van der Waals surface area contributed by atoms with E-state index in [2.05, 4.69) is 5.32 Å². The largest absolute Gasteiger partial charge is 0.481 e. The average molecular weight is 402 g/mol. The van der Waals surface area contributed by atoms with E-state index in [0.29, 0.717) is 12.2 Å². The predicted octanol–water partition coefficient (Wildman–Crippen LogP) is 3.20. The minimum absolute atomic E-state index is 0.112. The number of hydrogen-bond donors (Lipinski definition) is 1. The molecule has 3 rings (SSSR count). The molecule has 2 heterocycles. The maximum Gasteiger partial charge on any atom is 0.410 e. The van der Waals surface area contributed by atoms with Gasteiger partial charge in [-0.2, -0.15) is 0 Å². The SMILES string of the molecule is CC(C)(C)OC(=O)N1CCCCC1Cc1ccc(OC2CCC(=O)NC2=O)cc1. The Morgan fingerprint density at radius 2 is 1.86 bits per heavy atom. The summed E-state index contributed by atoms with van der Waals surface area (Å²) in [5.74, 6) is -0.0522. The third-order valence-electron chi connectivity index (χ3n) is 5.12. The standard InChI is InChI=1S/C22H30N2O5/c1-22(2,3)29-21(27)24-13-5-4-6-16(24)14-15-7-9-17(10-8-15)28-18-11-12-19(25)23-20(18)26/h7-10,16,18H,4-6,11-14H2,1-3H3,(H,23,25,26). The van der Waals surface area contributed by atoms with E-state index in [9.17, 15) is 14.4 Å². The first-order chi connectivity index (χ1) is 13.7. The van der Waals surface area contributed by atoms with Gasteiger partial charge in [-0.3, -0.25) is 14.9 Å². The molecule has 29 heavy (non-hydrogen) atoms. The Morgan fingerprint density at radius 3 is 2.52 bits per heavy atom. The molecule has 0 bridgehead atoms. The lowest BCUT2D eigenvalue weighted by molar-refractivity contribution is -0.138. The minimum Gasteiger partial charge on any atom is -0.481 e. The molecule has 7 nitrogen and oxygen atoms in total. The first kappa shape index (κ1) is 21.1. The van der Waals surface area contributed by atoms with Crippen LogP contribution in [0.25, 0.3) is 0 Å². The number of benzene rings is 1. The molecule has 1 aromatic carbocycles. The Kier molecular flexibility index (Phi) is 6.45. The first-order valence-electron chi connectivity index (χ1n) is 10.3. The molecule has 0 aliphatic carbocycles. The van der Waals surface area contributed by atoms with Crippen LogP contribution >= 0.6 is 0 Å². The summed E-state index contributed by atoms with van der Waals surface area (Å²) in [5, 5.41) is 2.29. The molecule has 2 atom stereocenters. The van der Waals surface area contributed by atoms with E-state index in [1.165, 1.54) is 0 Å². The number of piperidine rings is 2. The van der Waals surface area contributed by atoms with Crippen molar-refractivity contribution in [2.75, 3.05) is 6.54 Å². The number of hydrogen-bond acceptors (Lipinski definition) is 5. The Morgan fingerprint density at radius 1 is 1.14 bits per heavy atom. The van der Waals surface area contributed by atoms with Gasteiger partial charge in [0.15, 0.2) is 6.10 Å². The lowest BCUT2D eigenvalue weighted by atomic mass is 9.96. The second kappa shape index (κ2) is 8.84. The van der Waals surface area contributed by atoms with Crippen molar-refractivity contribution < 1.29 is 23.9 Å². The van der Waals surface area contributed by atoms with E-state index < -0.39 is 11.7 Å². The van der Waals surface area contributed by atoms with Gasteiger partial charge in [-0.25, -0.2) is 4.79 Å². The van der Waals surface area contributed by atoms with E-state index in [0.717, 1.165) is 37.8 Å². The van der Waals surface area contributed by atoms with E-state index in [-0.39, 0.29) is 30.4 Å². The van der Waals surface area contributed by atoms with Gasteiger partial charge in [-0.15, -0.1) is 0 Å². The summed E-state index contributed by atoms with van der Waals surface area (Å²) in [6.07, 6.45) is 3.58. The van der Waals surface area contributed by atoms with Gasteiger partial charge in [0.2, 0.25) is 5.91 Å². The molecular formula is C22H30N2O5. The van der Waals surface area contributed by atoms with Crippen molar-refractivity contribution in [3.05, 3.63) is 29.8 Å². The van der Waals surface area contributed by atoms with Crippen molar-refractivity contribution in [3.8, 4) is 5.75 Å². The molecule has 2 fully saturated rings. The number of carbonyl (C=O) groups excluding carboxylic acids is 3. The number of likely N-dealkylation sites (tertiary alicyclic amines) is 1. The highest BCUT2D eigenvalue weighted by atomic mass is 16.6. The maximum atomic E-state index is 12.6. The van der Waals surface area contributed by atoms with Gasteiger partial charge < -0.3 is 14.4 Å². The molecule has 2 aliphatic heterocycles. The molecule has 1 N–H and O–H groups in total. The zero-order valence-electron chi connectivity index (χ0n) is 17.4. The number of imide groups is 1. The molecule has 3 amide bonds. The Bertz CT molecular complexity index is 753. The summed E-state index contributed by atoms with van der Waals surface area (Å²) in [7, 11) is 0. The summed E-state index contributed by atoms with van der Waals surface area (Å²) in [4.78, 5) is 37.5. The highest BCUT2D eigenvalue weighted by Crippen LogP contribution is 2.25. The van der Waals surface area contributed by atoms with Gasteiger partial charge >= 0.3 is 6.09 Å². The van der Waals surface area contributed by atoms with Crippen LogP contribution in [0.2, 0.25) is 0 Å². The van der Waals surface area contributed by atoms with Gasteiger partial charge in [0.25, 0.3) is 5.91 Å². The van der Waals surface area contributed by atoms with Gasteiger partial charge in [0.05, 0.1) is 0 Å². The van der Waals surface area contributed by atoms with Crippen LogP contribution in [0.5, 0.6) is 5.75 Å². The Hall–Kier alpha value is -2.57. The van der Waals surface area contributed by atoms with E-state index in [1.807, 2.05) is 49.9 Å². The molecular weight excluding hydrogens is 372 g/mol. The van der Waals surface area contributed by atoms with Crippen LogP contribution in [0.1, 0.15) is 58.4 Å². The van der Waals surface area contributed by atoms with Crippen LogP contribution in [-0.4, -0.2) is 47.1 Å². The summed E-state index contributed by atoms with van der Waals surface area (Å²) in [5.41, 5.74) is 0.592. The van der Waals surface area contributed by atoms with Crippen LogP contribution < -0.4 is 10.1 Å². The van der Waals surface area contributed by atoms with Crippen LogP contribution in [0.15, 0.2) is 24.3 Å². The molecule has 2 aliphatic rings. The lowest BCUT2D eigenvalue weighted by Crippen LogP contribution is -2.47. The predicted molar refractivity (Wildman–Crippen MR) is 108 cm³/mol. The second-order valence-corrected chi connectivity index (χ2v) is 8.73. The average Bonchev–Trinajstić information content (AvgIpc) is 2.64. The first-order valence-corrected chi connectivity index (χ1v) is 10.3. The number of amides is 3. The molecule has 0 aromatic heterocycles. The molecule has 158 valence electrons. The molecule has 0 spiro atoms. The molecule has 2 saturated heterocycles. The molecule has 2 unspecified atom stereocenters. The molecule has 1 aromatic rings. The lowest BCUT2D eigenvalue weighted by Gasteiger charge is -2.37. The van der Waals surface area contributed by atoms with Gasteiger partial charge in [-0.05, 0) is 64.2 Å². The fraction of sp³-hybridized carbons (Fsp3) is 0.591. The van der Waals surface area contributed by atoms with Gasteiger partial charge in [0.1, 0.15) is 11.4 Å². The van der Waals surface area contributed by atoms with Crippen molar-refractivity contribution >= 4 is 17.9 Å². The van der Waals surface area contributed by atoms with Crippen LogP contribution in [0.4, 0.5) is 4.79 Å². The summed E-state index contributed by atoms with van der Waals surface area (Å²) >= 11 is 0. The van der Waals surface area contributed by atoms with Crippen molar-refractivity contribution in [1.29, 1.82) is 0 Å². The molecule has 0 saturated carbocycles. The zero-order valence-corrected chi connectivity index (χ0v) is 17.4. The summed E-state index contributed by atoms with van der Waals surface area (Å²) in [6, 6.07) is 7.70. The number of nitrogens with zero attached hydrogens (tertiary/aromatic N) is 1. The highest BCUT2D eigenvalue weighted by molar-refractivity contribution is 5.99. The normalized spacial score (nSPS) is 22.8. The van der Waals surface area contributed by atoms with Crippen LogP contribution in [-0.2, 0) is 20.7 Å². The quantitative estimate of drug-likeness (QED) is 0.782. The number of ether oxygens (including phenoxy) is 2. The summed E-state index contributed by atoms with van der Waals surface area (Å²) in [6.45, 7) is 6.36. The number of nitrogens with one attached hydrogen (secondary N) is 1. The fourth-order valence-corrected chi connectivity index (χ4v) is 3.70. The van der Waals surface area contributed by atoms with Crippen molar-refractivity contribution in [1.82, 2.24) is 10.2 Å². The van der Waals surface area contributed by atoms with E-state index in [4.69, 9.17) is 9.47 Å². The smallest absolute Gasteiger partial charge is 0.410 e. The topological polar surface area (TPSA) is 84.9 Å². The zero-order chi connectivity index (χ0) is 21.0. The molecule has 7 heteroatoms. The fourth-order valence-electron chi connectivity index (χ4n) is 3.70. The van der Waals surface area contributed by atoms with Crippen LogP contribution in [0, 0.1) is 0 Å². The van der Waals surface area contributed by atoms with Crippen LogP contribution in [0.3, 0.4) is 0 Å². The van der Waals surface area contributed by atoms with E-state index >= 15 is 0 Å². The number of carbonyl (C=O) groups is 3. The second-order valence-electron chi connectivity index (χ2n) is 8.73. The van der Waals surface area contributed by atoms with Crippen molar-refractivity contribution in [2.24, 2.45) is 0 Å². The maximum absolute atomic E-state index is 12.6. The van der Waals surface area contributed by atoms with Gasteiger partial charge in [-0.1, -0.05) is 12.1 Å². The Labute approximate surface area is 171 Å². The summed E-state index contributed by atoms with van der Waals surface area (Å²) < 4.78 is 11.3. The van der Waals surface area contributed by atoms with E-state index in [1.54, 1.807) is 0 Å².